The van der Waals surface area contributed by atoms with E-state index in [1.54, 1.807) is 6.92 Å². The van der Waals surface area contributed by atoms with Crippen LogP contribution < -0.4 is 10.2 Å². The molecule has 1 aromatic carbocycles. The van der Waals surface area contributed by atoms with Crippen LogP contribution in [0.5, 0.6) is 0 Å². The number of carbonyl (C=O) groups is 1. The van der Waals surface area contributed by atoms with Crippen molar-refractivity contribution < 1.29 is 4.79 Å². The first-order valence-electron chi connectivity index (χ1n) is 6.99. The molecule has 0 spiro atoms. The lowest BCUT2D eigenvalue weighted by Gasteiger charge is -2.20. The normalized spacial score (nSPS) is 18.2. The summed E-state index contributed by atoms with van der Waals surface area (Å²) in [7, 11) is 0. The summed E-state index contributed by atoms with van der Waals surface area (Å²) in [5.41, 5.74) is 1.96. The highest BCUT2D eigenvalue weighted by atomic mass is 35.5. The van der Waals surface area contributed by atoms with Gasteiger partial charge in [0.2, 0.25) is 11.2 Å². The van der Waals surface area contributed by atoms with Crippen LogP contribution in [-0.4, -0.2) is 35.0 Å². The van der Waals surface area contributed by atoms with Gasteiger partial charge in [0, 0.05) is 31.4 Å². The Morgan fingerprint density at radius 2 is 2.24 bits per heavy atom. The second-order valence-corrected chi connectivity index (χ2v) is 5.76. The van der Waals surface area contributed by atoms with Gasteiger partial charge in [-0.3, -0.25) is 4.79 Å². The summed E-state index contributed by atoms with van der Waals surface area (Å²) >= 11 is 6.08. The van der Waals surface area contributed by atoms with E-state index in [0.29, 0.717) is 0 Å². The molecule has 1 saturated heterocycles. The van der Waals surface area contributed by atoms with Crippen LogP contribution in [0.15, 0.2) is 18.2 Å². The van der Waals surface area contributed by atoms with Crippen LogP contribution in [0, 0.1) is 6.92 Å². The monoisotopic (exact) mass is 304 g/mol. The van der Waals surface area contributed by atoms with Gasteiger partial charge in [0.15, 0.2) is 0 Å². The van der Waals surface area contributed by atoms with Crippen molar-refractivity contribution in [3.8, 4) is 0 Å². The maximum Gasteiger partial charge on any atom is 0.224 e. The maximum absolute atomic E-state index is 11.2. The minimum Gasteiger partial charge on any atom is -0.354 e. The first kappa shape index (κ1) is 14.1. The van der Waals surface area contributed by atoms with Crippen molar-refractivity contribution in [2.24, 2.45) is 0 Å². The molecule has 1 N–H and O–H groups in total. The molecular formula is C15H17ClN4O. The van der Waals surface area contributed by atoms with Crippen molar-refractivity contribution in [2.45, 2.75) is 26.3 Å². The minimum absolute atomic E-state index is 0.00303. The third-order valence-electron chi connectivity index (χ3n) is 3.78. The Morgan fingerprint density at radius 3 is 3.00 bits per heavy atom. The number of halogens is 1. The minimum atomic E-state index is 0.00303. The number of carbonyl (C=O) groups excluding carboxylic acids is 1. The number of hydrogen-bond donors (Lipinski definition) is 1. The fraction of sp³-hybridized carbons (Fsp3) is 0.400. The molecule has 1 aliphatic heterocycles. The number of nitrogens with zero attached hydrogens (tertiary/aromatic N) is 3. The fourth-order valence-electron chi connectivity index (χ4n) is 2.85. The molecule has 3 rings (SSSR count). The number of rotatable bonds is 2. The topological polar surface area (TPSA) is 58.1 Å². The number of aromatic nitrogens is 2. The SMILES string of the molecule is CC(=O)NC1CCN(c2nc(Cl)nc3c(C)cccc23)C1. The van der Waals surface area contributed by atoms with Crippen LogP contribution in [0.4, 0.5) is 5.82 Å². The molecular weight excluding hydrogens is 288 g/mol. The third-order valence-corrected chi connectivity index (χ3v) is 3.95. The van der Waals surface area contributed by atoms with Gasteiger partial charge in [-0.25, -0.2) is 4.98 Å². The number of amides is 1. The molecule has 110 valence electrons. The molecule has 21 heavy (non-hydrogen) atoms. The van der Waals surface area contributed by atoms with Crippen molar-refractivity contribution in [1.82, 2.24) is 15.3 Å². The lowest BCUT2D eigenvalue weighted by Crippen LogP contribution is -2.35. The third kappa shape index (κ3) is 2.78. The first-order valence-corrected chi connectivity index (χ1v) is 7.37. The van der Waals surface area contributed by atoms with Gasteiger partial charge in [-0.1, -0.05) is 12.1 Å². The molecule has 6 heteroatoms. The highest BCUT2D eigenvalue weighted by molar-refractivity contribution is 6.28. The van der Waals surface area contributed by atoms with E-state index < -0.39 is 0 Å². The quantitative estimate of drug-likeness (QED) is 0.865. The molecule has 1 atom stereocenters. The summed E-state index contributed by atoms with van der Waals surface area (Å²) in [5, 5.41) is 4.22. The largest absolute Gasteiger partial charge is 0.354 e. The molecule has 1 fully saturated rings. The van der Waals surface area contributed by atoms with Gasteiger partial charge in [0.25, 0.3) is 0 Å². The fourth-order valence-corrected chi connectivity index (χ4v) is 3.02. The van der Waals surface area contributed by atoms with Crippen LogP contribution in [0.3, 0.4) is 0 Å². The van der Waals surface area contributed by atoms with Gasteiger partial charge in [0.05, 0.1) is 5.52 Å². The van der Waals surface area contributed by atoms with Crippen molar-refractivity contribution in [3.05, 3.63) is 29.0 Å². The van der Waals surface area contributed by atoms with Crippen LogP contribution in [0.2, 0.25) is 5.28 Å². The predicted molar refractivity (Wildman–Crippen MR) is 83.7 cm³/mol. The van der Waals surface area contributed by atoms with Crippen LogP contribution >= 0.6 is 11.6 Å². The molecule has 1 unspecified atom stereocenters. The lowest BCUT2D eigenvalue weighted by molar-refractivity contribution is -0.119. The number of para-hydroxylation sites is 1. The number of benzene rings is 1. The molecule has 2 aromatic rings. The standard InChI is InChI=1S/C15H17ClN4O/c1-9-4-3-5-12-13(9)18-15(16)19-14(12)20-7-6-11(8-20)17-10(2)21/h3-5,11H,6-8H2,1-2H3,(H,17,21). The van der Waals surface area contributed by atoms with E-state index in [1.165, 1.54) is 0 Å². The van der Waals surface area contributed by atoms with Crippen molar-refractivity contribution in [3.63, 3.8) is 0 Å². The summed E-state index contributed by atoms with van der Waals surface area (Å²) in [6.07, 6.45) is 0.911. The van der Waals surface area contributed by atoms with E-state index in [4.69, 9.17) is 11.6 Å². The predicted octanol–water partition coefficient (Wildman–Crippen LogP) is 2.31. The highest BCUT2D eigenvalue weighted by Crippen LogP contribution is 2.29. The number of fused-ring (bicyclic) bond motifs is 1. The van der Waals surface area contributed by atoms with Crippen LogP contribution in [0.25, 0.3) is 10.9 Å². The zero-order valence-corrected chi connectivity index (χ0v) is 12.8. The van der Waals surface area contributed by atoms with Crippen LogP contribution in [-0.2, 0) is 4.79 Å². The van der Waals surface area contributed by atoms with Gasteiger partial charge in [0.1, 0.15) is 5.82 Å². The average molecular weight is 305 g/mol. The Labute approximate surface area is 128 Å². The van der Waals surface area contributed by atoms with E-state index in [-0.39, 0.29) is 17.2 Å². The number of anilines is 1. The molecule has 0 bridgehead atoms. The Bertz CT molecular complexity index is 703. The molecule has 5 nitrogen and oxygen atoms in total. The van der Waals surface area contributed by atoms with Gasteiger partial charge in [-0.2, -0.15) is 4.98 Å². The van der Waals surface area contributed by atoms with E-state index in [2.05, 4.69) is 20.2 Å². The van der Waals surface area contributed by atoms with Crippen molar-refractivity contribution >= 4 is 34.2 Å². The van der Waals surface area contributed by atoms with E-state index in [0.717, 1.165) is 41.8 Å². The number of aryl methyl sites for hydroxylation is 1. The zero-order chi connectivity index (χ0) is 15.0. The molecule has 1 amide bonds. The van der Waals surface area contributed by atoms with Gasteiger partial charge >= 0.3 is 0 Å². The average Bonchev–Trinajstić information content (AvgIpc) is 2.86. The van der Waals surface area contributed by atoms with Gasteiger partial charge < -0.3 is 10.2 Å². The van der Waals surface area contributed by atoms with E-state index >= 15 is 0 Å². The van der Waals surface area contributed by atoms with Crippen LogP contribution in [0.1, 0.15) is 18.9 Å². The molecule has 0 radical (unpaired) electrons. The van der Waals surface area contributed by atoms with E-state index in [9.17, 15) is 4.79 Å². The molecule has 1 aliphatic rings. The number of nitrogens with one attached hydrogen (secondary N) is 1. The lowest BCUT2D eigenvalue weighted by atomic mass is 10.1. The Hall–Kier alpha value is -1.88. The summed E-state index contributed by atoms with van der Waals surface area (Å²) in [5.74, 6) is 0.852. The second-order valence-electron chi connectivity index (χ2n) is 5.42. The second kappa shape index (κ2) is 5.48. The molecule has 2 heterocycles. The first-order chi connectivity index (χ1) is 10.0. The smallest absolute Gasteiger partial charge is 0.224 e. The molecule has 1 aromatic heterocycles. The number of hydrogen-bond acceptors (Lipinski definition) is 4. The Morgan fingerprint density at radius 1 is 1.43 bits per heavy atom. The van der Waals surface area contributed by atoms with E-state index in [1.807, 2.05) is 25.1 Å². The Balaban J connectivity index is 1.98. The van der Waals surface area contributed by atoms with Crippen molar-refractivity contribution in [1.29, 1.82) is 0 Å². The summed E-state index contributed by atoms with van der Waals surface area (Å²) in [6, 6.07) is 6.19. The van der Waals surface area contributed by atoms with Crippen molar-refractivity contribution in [2.75, 3.05) is 18.0 Å². The molecule has 0 aliphatic carbocycles. The summed E-state index contributed by atoms with van der Waals surface area (Å²) < 4.78 is 0. The maximum atomic E-state index is 11.2. The molecule has 0 saturated carbocycles. The zero-order valence-electron chi connectivity index (χ0n) is 12.1. The highest BCUT2D eigenvalue weighted by Gasteiger charge is 2.26. The Kier molecular flexibility index (Phi) is 3.68. The summed E-state index contributed by atoms with van der Waals surface area (Å²) in [4.78, 5) is 22.1. The van der Waals surface area contributed by atoms with Gasteiger partial charge in [-0.05, 0) is 36.6 Å². The van der Waals surface area contributed by atoms with Gasteiger partial charge in [-0.15, -0.1) is 0 Å². The summed E-state index contributed by atoms with van der Waals surface area (Å²) in [6.45, 7) is 5.15.